The van der Waals surface area contributed by atoms with Crippen LogP contribution in [0.4, 0.5) is 0 Å². The van der Waals surface area contributed by atoms with E-state index in [0.29, 0.717) is 0 Å². The number of hydrogen-bond donors (Lipinski definition) is 0. The maximum Gasteiger partial charge on any atom is 0.00533 e. The fourth-order valence-electron chi connectivity index (χ4n) is 0. The second-order valence-corrected chi connectivity index (χ2v) is 47.3. The Kier molecular flexibility index (Phi) is 9.10. The van der Waals surface area contributed by atoms with E-state index in [1.165, 1.54) is 0 Å². The Morgan fingerprint density at radius 3 is 0.444 bits per heavy atom. The average molecular weight is 660 g/mol. The summed E-state index contributed by atoms with van der Waals surface area (Å²) in [4.78, 5) is 0. The average Bonchev–Trinajstić information content (AvgIpc) is 1.29. The van der Waals surface area contributed by atoms with Gasteiger partial charge >= 0.3 is 0 Å². The van der Waals surface area contributed by atoms with Gasteiger partial charge in [-0.15, -0.1) is 0 Å². The van der Waals surface area contributed by atoms with Gasteiger partial charge in [0.2, 0.25) is 0 Å². The van der Waals surface area contributed by atoms with Crippen molar-refractivity contribution in [3.8, 4) is 0 Å². The van der Waals surface area contributed by atoms with Crippen molar-refractivity contribution in [2.75, 3.05) is 56.3 Å². The van der Waals surface area contributed by atoms with Gasteiger partial charge in [-0.05, 0) is 56.3 Å². The Balaban J connectivity index is -0.000000187. The molecule has 0 spiro atoms. The van der Waals surface area contributed by atoms with E-state index in [2.05, 4.69) is 0 Å². The third-order valence-electron chi connectivity index (χ3n) is 0. The van der Waals surface area contributed by atoms with Crippen molar-refractivity contribution in [3.63, 3.8) is 0 Å². The minimum Gasteiger partial charge on any atom is -0.273 e. The van der Waals surface area contributed by atoms with Crippen molar-refractivity contribution in [1.29, 1.82) is 0 Å². The lowest BCUT2D eigenvalue weighted by Gasteiger charge is -2.16. The quantitative estimate of drug-likeness (QED) is 0.297. The molecule has 0 aliphatic carbocycles. The molecule has 3 nitrogen and oxygen atoms in total. The number of halogens is 3. The zero-order valence-electron chi connectivity index (χ0n) is 12.6. The molecule has 0 aromatic heterocycles. The molecular weight excluding hydrogens is 633 g/mol. The SMILES string of the molecule is CS(C)(C)(=O)I.CS(C)(C)(=O)I.CS(C)(C)(=O)I. The van der Waals surface area contributed by atoms with Crippen molar-refractivity contribution >= 4 is 82.3 Å². The first-order valence-corrected chi connectivity index (χ1v) is 21.8. The molecule has 0 aliphatic rings. The van der Waals surface area contributed by atoms with Gasteiger partial charge in [-0.1, -0.05) is 18.7 Å². The fourth-order valence-corrected chi connectivity index (χ4v) is 0. The van der Waals surface area contributed by atoms with Crippen molar-refractivity contribution < 1.29 is 12.6 Å². The van der Waals surface area contributed by atoms with Crippen LogP contribution in [0.5, 0.6) is 0 Å². The summed E-state index contributed by atoms with van der Waals surface area (Å²) in [5.74, 6) is 0. The van der Waals surface area contributed by atoms with Gasteiger partial charge in [-0.25, -0.2) is 0 Å². The zero-order chi connectivity index (χ0) is 16.3. The molecule has 0 aliphatic heterocycles. The Bertz CT molecular complexity index is 337. The van der Waals surface area contributed by atoms with E-state index in [1.54, 1.807) is 56.3 Å². The topological polar surface area (TPSA) is 51.2 Å². The molecular formula is C9H27I3O3S3. The highest BCUT2D eigenvalue weighted by Gasteiger charge is 2.09. The van der Waals surface area contributed by atoms with E-state index in [-0.39, 0.29) is 0 Å². The van der Waals surface area contributed by atoms with Gasteiger partial charge in [-0.2, -0.15) is 0 Å². The largest absolute Gasteiger partial charge is 0.273 e. The van der Waals surface area contributed by atoms with Crippen LogP contribution < -0.4 is 0 Å². The fraction of sp³-hybridized carbons (Fsp3) is 1.00. The molecule has 0 aromatic carbocycles. The smallest absolute Gasteiger partial charge is 0.00533 e. The van der Waals surface area contributed by atoms with Crippen LogP contribution in [0.25, 0.3) is 0 Å². The highest BCUT2D eigenvalue weighted by Crippen LogP contribution is 2.21. The molecule has 0 rings (SSSR count). The molecule has 0 amide bonds. The molecule has 9 heteroatoms. The van der Waals surface area contributed by atoms with E-state index >= 15 is 0 Å². The van der Waals surface area contributed by atoms with E-state index < -0.39 is 18.7 Å². The van der Waals surface area contributed by atoms with E-state index in [9.17, 15) is 12.6 Å². The number of rotatable bonds is 0. The summed E-state index contributed by atoms with van der Waals surface area (Å²) < 4.78 is 32.3. The minimum atomic E-state index is -2.13. The van der Waals surface area contributed by atoms with Gasteiger partial charge in [0.05, 0.1) is 0 Å². The highest BCUT2D eigenvalue weighted by molar-refractivity contribution is 14.2. The van der Waals surface area contributed by atoms with Gasteiger partial charge in [0, 0.05) is 63.6 Å². The minimum absolute atomic E-state index is 1.75. The third kappa shape index (κ3) is 832. The second kappa shape index (κ2) is 6.41. The Hall–Kier alpha value is 2.64. The van der Waals surface area contributed by atoms with Crippen LogP contribution in [0, 0.1) is 0 Å². The first-order chi connectivity index (χ1) is 6.71. The predicted octanol–water partition coefficient (Wildman–Crippen LogP) is 3.14. The molecule has 0 N–H and O–H groups in total. The van der Waals surface area contributed by atoms with Crippen LogP contribution in [0.2, 0.25) is 0 Å². The summed E-state index contributed by atoms with van der Waals surface area (Å²) in [6.45, 7) is 0. The monoisotopic (exact) mass is 660 g/mol. The summed E-state index contributed by atoms with van der Waals surface area (Å²) in [6.07, 6.45) is 9.34. The maximum atomic E-state index is 10.8. The van der Waals surface area contributed by atoms with Crippen molar-refractivity contribution in [2.45, 2.75) is 0 Å². The molecule has 0 saturated heterocycles. The summed E-state index contributed by atoms with van der Waals surface area (Å²) >= 11 is 5.89. The van der Waals surface area contributed by atoms with Gasteiger partial charge in [-0.3, -0.25) is 12.6 Å². The third-order valence-corrected chi connectivity index (χ3v) is 0. The van der Waals surface area contributed by atoms with E-state index in [1.807, 2.05) is 63.6 Å². The van der Waals surface area contributed by atoms with E-state index in [4.69, 9.17) is 0 Å². The summed E-state index contributed by atoms with van der Waals surface area (Å²) in [5.41, 5.74) is 0. The van der Waals surface area contributed by atoms with Crippen LogP contribution in [0.3, 0.4) is 0 Å². The zero-order valence-corrected chi connectivity index (χ0v) is 21.5. The highest BCUT2D eigenvalue weighted by atomic mass is 127. The van der Waals surface area contributed by atoms with Crippen molar-refractivity contribution in [2.24, 2.45) is 0 Å². The standard InChI is InChI=1S/3C3H9IOS/c3*1-6(2,3,4)5/h3*1-3H3. The Labute approximate surface area is 149 Å². The van der Waals surface area contributed by atoms with Gasteiger partial charge in [0.15, 0.2) is 0 Å². The second-order valence-electron chi connectivity index (χ2n) is 6.75. The maximum absolute atomic E-state index is 10.8. The molecule has 0 saturated carbocycles. The lowest BCUT2D eigenvalue weighted by atomic mass is 11.9. The first-order valence-electron chi connectivity index (χ1n) is 4.64. The van der Waals surface area contributed by atoms with Crippen molar-refractivity contribution in [1.82, 2.24) is 0 Å². The number of hydrogen-bond acceptors (Lipinski definition) is 3. The molecule has 0 aromatic rings. The van der Waals surface area contributed by atoms with Crippen LogP contribution in [-0.4, -0.2) is 68.9 Å². The predicted molar refractivity (Wildman–Crippen MR) is 120 cm³/mol. The molecule has 0 unspecified atom stereocenters. The van der Waals surface area contributed by atoms with Crippen LogP contribution in [-0.2, 0) is 18.7 Å². The Morgan fingerprint density at radius 2 is 0.444 bits per heavy atom. The molecule has 0 fully saturated rings. The van der Waals surface area contributed by atoms with Crippen LogP contribution >= 0.6 is 63.6 Å². The molecule has 0 radical (unpaired) electrons. The molecule has 0 atom stereocenters. The van der Waals surface area contributed by atoms with Crippen molar-refractivity contribution in [3.05, 3.63) is 0 Å². The lowest BCUT2D eigenvalue weighted by Crippen LogP contribution is -2.15. The summed E-state index contributed by atoms with van der Waals surface area (Å²) in [5, 5.41) is 0. The van der Waals surface area contributed by atoms with E-state index in [0.717, 1.165) is 0 Å². The van der Waals surface area contributed by atoms with Gasteiger partial charge < -0.3 is 0 Å². The Morgan fingerprint density at radius 1 is 0.444 bits per heavy atom. The first kappa shape index (κ1) is 25.6. The molecule has 18 heavy (non-hydrogen) atoms. The van der Waals surface area contributed by atoms with Crippen LogP contribution in [0.1, 0.15) is 0 Å². The summed E-state index contributed by atoms with van der Waals surface area (Å²) in [6, 6.07) is 0. The van der Waals surface area contributed by atoms with Gasteiger partial charge in [0.1, 0.15) is 0 Å². The molecule has 120 valence electrons. The van der Waals surface area contributed by atoms with Gasteiger partial charge in [0.25, 0.3) is 0 Å². The normalized spacial score (nSPS) is 19.0. The lowest BCUT2D eigenvalue weighted by molar-refractivity contribution is 0.680. The molecule has 0 heterocycles. The molecule has 0 bridgehead atoms. The summed E-state index contributed by atoms with van der Waals surface area (Å²) in [7, 11) is 0. The van der Waals surface area contributed by atoms with Crippen LogP contribution in [0.15, 0.2) is 0 Å².